The van der Waals surface area contributed by atoms with E-state index in [4.69, 9.17) is 5.11 Å². The van der Waals surface area contributed by atoms with E-state index >= 15 is 0 Å². The molecule has 3 rings (SSSR count). The first-order chi connectivity index (χ1) is 9.61. The molecule has 2 atom stereocenters. The van der Waals surface area contributed by atoms with Crippen molar-refractivity contribution in [2.45, 2.75) is 19.3 Å². The van der Waals surface area contributed by atoms with Crippen LogP contribution in [-0.2, 0) is 9.59 Å². The van der Waals surface area contributed by atoms with Crippen molar-refractivity contribution in [3.8, 4) is 0 Å². The van der Waals surface area contributed by atoms with Gasteiger partial charge in [0.25, 0.3) is 0 Å². The van der Waals surface area contributed by atoms with Crippen LogP contribution < -0.4 is 5.32 Å². The zero-order chi connectivity index (χ0) is 14.1. The number of fused-ring (bicyclic) bond motifs is 1. The monoisotopic (exact) mass is 272 g/mol. The Morgan fingerprint density at radius 3 is 2.75 bits per heavy atom. The van der Waals surface area contributed by atoms with Crippen LogP contribution in [0.4, 0.5) is 5.82 Å². The van der Waals surface area contributed by atoms with Crippen LogP contribution >= 0.6 is 0 Å². The summed E-state index contributed by atoms with van der Waals surface area (Å²) in [5, 5.41) is 11.4. The largest absolute Gasteiger partial charge is 0.478 e. The Morgan fingerprint density at radius 1 is 1.30 bits per heavy atom. The van der Waals surface area contributed by atoms with Gasteiger partial charge in [0, 0.05) is 18.2 Å². The molecule has 20 heavy (non-hydrogen) atoms. The van der Waals surface area contributed by atoms with Crippen molar-refractivity contribution in [3.63, 3.8) is 0 Å². The van der Waals surface area contributed by atoms with Gasteiger partial charge in [-0.15, -0.1) is 0 Å². The number of carbonyl (C=O) groups excluding carboxylic acids is 1. The summed E-state index contributed by atoms with van der Waals surface area (Å²) in [6, 6.07) is 3.37. The first-order valence-corrected chi connectivity index (χ1v) is 6.80. The first-order valence-electron chi connectivity index (χ1n) is 6.80. The van der Waals surface area contributed by atoms with Gasteiger partial charge in [0.05, 0.1) is 0 Å². The minimum atomic E-state index is -1.00. The lowest BCUT2D eigenvalue weighted by Crippen LogP contribution is -2.22. The smallest absolute Gasteiger partial charge is 0.328 e. The van der Waals surface area contributed by atoms with Crippen LogP contribution in [0.2, 0.25) is 0 Å². The van der Waals surface area contributed by atoms with E-state index in [0.29, 0.717) is 11.4 Å². The predicted molar refractivity (Wildman–Crippen MR) is 73.9 cm³/mol. The molecular formula is C15H16N2O3. The average molecular weight is 272 g/mol. The van der Waals surface area contributed by atoms with E-state index in [9.17, 15) is 9.59 Å². The Morgan fingerprint density at radius 2 is 2.05 bits per heavy atom. The van der Waals surface area contributed by atoms with Crippen LogP contribution in [-0.4, -0.2) is 22.0 Å². The molecule has 5 nitrogen and oxygen atoms in total. The Kier molecular flexibility index (Phi) is 3.26. The van der Waals surface area contributed by atoms with Crippen LogP contribution in [0.3, 0.4) is 0 Å². The standard InChI is InChI=1S/C15H16N2O3/c18-14(19)2-1-9-3-4-16-13(5-9)17-15(20)12-7-10-6-11(10)8-12/h1-5,10-12H,6-8H2,(H,18,19)(H,16,17,20)/b2-1+. The van der Waals surface area contributed by atoms with Gasteiger partial charge >= 0.3 is 5.97 Å². The number of anilines is 1. The van der Waals surface area contributed by atoms with Gasteiger partial charge in [-0.3, -0.25) is 4.79 Å². The number of amides is 1. The summed E-state index contributed by atoms with van der Waals surface area (Å²) in [6.45, 7) is 0. The second-order valence-corrected chi connectivity index (χ2v) is 5.56. The molecule has 2 N–H and O–H groups in total. The van der Waals surface area contributed by atoms with Gasteiger partial charge in [-0.2, -0.15) is 0 Å². The molecule has 0 bridgehead atoms. The third kappa shape index (κ3) is 2.87. The molecule has 2 aliphatic carbocycles. The molecule has 1 amide bonds. The fraction of sp³-hybridized carbons (Fsp3) is 0.400. The molecule has 0 aliphatic heterocycles. The summed E-state index contributed by atoms with van der Waals surface area (Å²) < 4.78 is 0. The van der Waals surface area contributed by atoms with Gasteiger partial charge in [-0.05, 0) is 54.9 Å². The number of carbonyl (C=O) groups is 2. The van der Waals surface area contributed by atoms with Gasteiger partial charge in [0.2, 0.25) is 5.91 Å². The number of aromatic nitrogens is 1. The Hall–Kier alpha value is -2.17. The van der Waals surface area contributed by atoms with Crippen molar-refractivity contribution in [1.29, 1.82) is 0 Å². The normalized spacial score (nSPS) is 27.3. The fourth-order valence-corrected chi connectivity index (χ4v) is 2.94. The molecule has 0 radical (unpaired) electrons. The average Bonchev–Trinajstić information content (AvgIpc) is 3.03. The van der Waals surface area contributed by atoms with Crippen molar-refractivity contribution in [3.05, 3.63) is 30.0 Å². The van der Waals surface area contributed by atoms with Gasteiger partial charge in [-0.25, -0.2) is 9.78 Å². The number of nitrogens with one attached hydrogen (secondary N) is 1. The van der Waals surface area contributed by atoms with Crippen LogP contribution in [0, 0.1) is 17.8 Å². The Bertz CT molecular complexity index is 572. The van der Waals surface area contributed by atoms with E-state index in [1.165, 1.54) is 12.5 Å². The fourth-order valence-electron chi connectivity index (χ4n) is 2.94. The number of hydrogen-bond donors (Lipinski definition) is 2. The molecule has 2 fully saturated rings. The third-order valence-electron chi connectivity index (χ3n) is 4.07. The summed E-state index contributed by atoms with van der Waals surface area (Å²) in [4.78, 5) is 26.7. The van der Waals surface area contributed by atoms with Crippen molar-refractivity contribution >= 4 is 23.8 Å². The predicted octanol–water partition coefficient (Wildman–Crippen LogP) is 2.16. The maximum Gasteiger partial charge on any atom is 0.328 e. The van der Waals surface area contributed by atoms with Crippen LogP contribution in [0.15, 0.2) is 24.4 Å². The molecule has 0 spiro atoms. The number of aliphatic carboxylic acids is 1. The van der Waals surface area contributed by atoms with E-state index in [0.717, 1.165) is 30.8 Å². The van der Waals surface area contributed by atoms with Crippen molar-refractivity contribution in [1.82, 2.24) is 4.98 Å². The number of carboxylic acid groups (broad SMARTS) is 1. The maximum absolute atomic E-state index is 12.1. The van der Waals surface area contributed by atoms with Crippen molar-refractivity contribution in [2.75, 3.05) is 5.32 Å². The lowest BCUT2D eigenvalue weighted by molar-refractivity contribution is -0.131. The summed E-state index contributed by atoms with van der Waals surface area (Å²) in [6.07, 6.45) is 7.38. The number of rotatable bonds is 4. The summed E-state index contributed by atoms with van der Waals surface area (Å²) >= 11 is 0. The lowest BCUT2D eigenvalue weighted by atomic mass is 10.0. The molecule has 0 aromatic carbocycles. The van der Waals surface area contributed by atoms with Crippen LogP contribution in [0.1, 0.15) is 24.8 Å². The van der Waals surface area contributed by atoms with Gasteiger partial charge in [-0.1, -0.05) is 0 Å². The van der Waals surface area contributed by atoms with Crippen molar-refractivity contribution < 1.29 is 14.7 Å². The topological polar surface area (TPSA) is 79.3 Å². The third-order valence-corrected chi connectivity index (χ3v) is 4.07. The van der Waals surface area contributed by atoms with Gasteiger partial charge < -0.3 is 10.4 Å². The molecule has 1 aromatic heterocycles. The minimum Gasteiger partial charge on any atom is -0.478 e. The minimum absolute atomic E-state index is 0.0315. The lowest BCUT2D eigenvalue weighted by Gasteiger charge is -2.11. The molecule has 2 aliphatic rings. The van der Waals surface area contributed by atoms with Crippen molar-refractivity contribution in [2.24, 2.45) is 17.8 Å². The van der Waals surface area contributed by atoms with E-state index < -0.39 is 5.97 Å². The van der Waals surface area contributed by atoms with E-state index in [-0.39, 0.29) is 11.8 Å². The highest BCUT2D eigenvalue weighted by atomic mass is 16.4. The molecular weight excluding hydrogens is 256 g/mol. The van der Waals surface area contributed by atoms with Gasteiger partial charge in [0.1, 0.15) is 5.82 Å². The summed E-state index contributed by atoms with van der Waals surface area (Å²) in [7, 11) is 0. The number of nitrogens with zero attached hydrogens (tertiary/aromatic N) is 1. The van der Waals surface area contributed by atoms with Gasteiger partial charge in [0.15, 0.2) is 0 Å². The van der Waals surface area contributed by atoms with E-state index in [1.807, 2.05) is 0 Å². The first kappa shape index (κ1) is 12.8. The second kappa shape index (κ2) is 5.07. The summed E-state index contributed by atoms with van der Waals surface area (Å²) in [5.41, 5.74) is 0.701. The molecule has 1 aromatic rings. The highest BCUT2D eigenvalue weighted by Crippen LogP contribution is 2.54. The second-order valence-electron chi connectivity index (χ2n) is 5.56. The number of carboxylic acids is 1. The zero-order valence-corrected chi connectivity index (χ0v) is 11.0. The highest BCUT2D eigenvalue weighted by Gasteiger charge is 2.47. The zero-order valence-electron chi connectivity index (χ0n) is 11.0. The number of hydrogen-bond acceptors (Lipinski definition) is 3. The molecule has 2 unspecified atom stereocenters. The highest BCUT2D eigenvalue weighted by molar-refractivity contribution is 5.92. The molecule has 104 valence electrons. The Balaban J connectivity index is 1.63. The van der Waals surface area contributed by atoms with E-state index in [1.54, 1.807) is 18.3 Å². The quantitative estimate of drug-likeness (QED) is 0.823. The van der Waals surface area contributed by atoms with Crippen LogP contribution in [0.25, 0.3) is 6.08 Å². The molecule has 0 saturated heterocycles. The number of pyridine rings is 1. The SMILES string of the molecule is O=C(O)/C=C/c1ccnc(NC(=O)C2CC3CC3C2)c1. The molecule has 1 heterocycles. The summed E-state index contributed by atoms with van der Waals surface area (Å²) in [5.74, 6) is 1.15. The van der Waals surface area contributed by atoms with Crippen LogP contribution in [0.5, 0.6) is 0 Å². The molecule has 2 saturated carbocycles. The maximum atomic E-state index is 12.1. The molecule has 5 heteroatoms. The van der Waals surface area contributed by atoms with E-state index in [2.05, 4.69) is 10.3 Å². The Labute approximate surface area is 116 Å².